The molecule has 7 heteroatoms. The van der Waals surface area contributed by atoms with Crippen molar-refractivity contribution in [1.29, 1.82) is 0 Å². The molecule has 0 bridgehead atoms. The van der Waals surface area contributed by atoms with E-state index in [0.29, 0.717) is 5.82 Å². The van der Waals surface area contributed by atoms with Gasteiger partial charge in [0.1, 0.15) is 11.2 Å². The van der Waals surface area contributed by atoms with E-state index in [9.17, 15) is 0 Å². The highest BCUT2D eigenvalue weighted by Gasteiger charge is 2.16. The Hall–Kier alpha value is -3.81. The van der Waals surface area contributed by atoms with Crippen molar-refractivity contribution >= 4 is 34.5 Å². The van der Waals surface area contributed by atoms with Crippen LogP contribution in [-0.4, -0.2) is 49.7 Å². The highest BCUT2D eigenvalue weighted by atomic mass is 32.1. The molecule has 0 aromatic carbocycles. The zero-order chi connectivity index (χ0) is 28.1. The maximum atomic E-state index is 5.00. The minimum atomic E-state index is 0.701. The zero-order valence-corrected chi connectivity index (χ0v) is 24.6. The van der Waals surface area contributed by atoms with E-state index in [2.05, 4.69) is 82.4 Å². The van der Waals surface area contributed by atoms with E-state index < -0.39 is 0 Å². The van der Waals surface area contributed by atoms with Crippen molar-refractivity contribution in [3.05, 3.63) is 88.1 Å². The molecule has 0 aliphatic carbocycles. The molecule has 6 nitrogen and oxygen atoms in total. The van der Waals surface area contributed by atoms with Crippen molar-refractivity contribution in [1.82, 2.24) is 30.0 Å². The van der Waals surface area contributed by atoms with E-state index in [1.165, 1.54) is 36.4 Å². The summed E-state index contributed by atoms with van der Waals surface area (Å²) in [7, 11) is 0. The molecule has 4 aromatic heterocycles. The van der Waals surface area contributed by atoms with Crippen LogP contribution in [0.25, 0.3) is 45.1 Å². The fraction of sp³-hybridized carbons (Fsp3) is 0.303. The second-order valence-electron chi connectivity index (χ2n) is 10.3. The van der Waals surface area contributed by atoms with Crippen molar-refractivity contribution in [2.24, 2.45) is 0 Å². The van der Waals surface area contributed by atoms with Gasteiger partial charge in [-0.3, -0.25) is 10.1 Å². The Bertz CT molecular complexity index is 1700. The third-order valence-electron chi connectivity index (χ3n) is 7.49. The fourth-order valence-electron chi connectivity index (χ4n) is 5.28. The molecule has 1 aliphatic rings. The second kappa shape index (κ2) is 12.6. The summed E-state index contributed by atoms with van der Waals surface area (Å²) in [5, 5.41) is 9.72. The van der Waals surface area contributed by atoms with E-state index >= 15 is 0 Å². The minimum Gasteiger partial charge on any atom is -0.335 e. The van der Waals surface area contributed by atoms with Gasteiger partial charge in [0, 0.05) is 26.7 Å². The summed E-state index contributed by atoms with van der Waals surface area (Å²) in [6, 6.07) is 4.25. The molecular weight excluding hydrogens is 512 g/mol. The molecule has 1 saturated heterocycles. The number of nitrogens with zero attached hydrogens (tertiary/aromatic N) is 4. The number of allylic oxidation sites excluding steroid dienone is 6. The van der Waals surface area contributed by atoms with Crippen LogP contribution in [0.3, 0.4) is 0 Å². The summed E-state index contributed by atoms with van der Waals surface area (Å²) in [5.41, 5.74) is 6.78. The van der Waals surface area contributed by atoms with Gasteiger partial charge in [-0.1, -0.05) is 37.5 Å². The van der Waals surface area contributed by atoms with Gasteiger partial charge in [-0.25, -0.2) is 4.98 Å². The first-order valence-electron chi connectivity index (χ1n) is 14.0. The topological polar surface area (TPSA) is 73.5 Å². The molecule has 0 amide bonds. The van der Waals surface area contributed by atoms with Crippen LogP contribution >= 0.6 is 11.3 Å². The number of likely N-dealkylation sites (tertiary alicyclic amines) is 1. The lowest BCUT2D eigenvalue weighted by Crippen LogP contribution is -2.24. The zero-order valence-electron chi connectivity index (χ0n) is 23.8. The second-order valence-corrected chi connectivity index (χ2v) is 11.5. The largest absolute Gasteiger partial charge is 0.335 e. The van der Waals surface area contributed by atoms with Crippen molar-refractivity contribution in [2.45, 2.75) is 46.5 Å². The quantitative estimate of drug-likeness (QED) is 0.222. The van der Waals surface area contributed by atoms with Crippen LogP contribution < -0.4 is 10.6 Å². The molecule has 1 aliphatic heterocycles. The van der Waals surface area contributed by atoms with E-state index in [1.54, 1.807) is 11.3 Å². The number of aromatic nitrogens is 5. The lowest BCUT2D eigenvalue weighted by atomic mass is 10.00. The van der Waals surface area contributed by atoms with Gasteiger partial charge in [-0.2, -0.15) is 5.10 Å². The molecule has 5 heterocycles. The number of hydrogen-bond acceptors (Lipinski definition) is 5. The number of H-pyrrole nitrogens is 2. The summed E-state index contributed by atoms with van der Waals surface area (Å²) < 4.78 is 0. The SMILES string of the molecule is C=C/C(=C\C(=C/C)C(=C)/C=c1/c(-c2nc3c(-c4ccc(C)s4)cncc3[nH]2)n[nH]/c1=C/C)CCCN1CCCC1. The number of hydrogen-bond donors (Lipinski definition) is 2. The van der Waals surface area contributed by atoms with Gasteiger partial charge >= 0.3 is 0 Å². The smallest absolute Gasteiger partial charge is 0.159 e. The Labute approximate surface area is 240 Å². The Morgan fingerprint density at radius 3 is 2.70 bits per heavy atom. The summed E-state index contributed by atoms with van der Waals surface area (Å²) in [5.74, 6) is 0.701. The molecule has 0 atom stereocenters. The van der Waals surface area contributed by atoms with Crippen LogP contribution in [0.15, 0.2) is 72.6 Å². The molecule has 0 radical (unpaired) electrons. The maximum absolute atomic E-state index is 5.00. The fourth-order valence-corrected chi connectivity index (χ4v) is 6.16. The standard InChI is InChI=1S/C33H38N6S/c1-6-24(12-11-17-39-15-9-10-16-39)19-25(7-2)22(4)18-26-28(8-3)37-38-32(26)33-35-29-21-34-20-27(31(29)36-33)30-14-13-23(5)40-30/h6-8,13-14,18-21,37H,1,4,9-12,15-17H2,2-3,5H3,(H,35,36)/b24-19+,25-7+,26-18+,28-8+. The van der Waals surface area contributed by atoms with E-state index in [1.807, 2.05) is 31.5 Å². The lowest BCUT2D eigenvalue weighted by molar-refractivity contribution is 0.334. The number of fused-ring (bicyclic) bond motifs is 1. The van der Waals surface area contributed by atoms with Gasteiger partial charge in [0.05, 0.1) is 17.1 Å². The Morgan fingerprint density at radius 1 is 1.18 bits per heavy atom. The Kier molecular flexibility index (Phi) is 8.72. The maximum Gasteiger partial charge on any atom is 0.159 e. The summed E-state index contributed by atoms with van der Waals surface area (Å²) >= 11 is 1.74. The highest BCUT2D eigenvalue weighted by molar-refractivity contribution is 7.15. The predicted molar refractivity (Wildman–Crippen MR) is 169 cm³/mol. The molecule has 0 unspecified atom stereocenters. The minimum absolute atomic E-state index is 0.701. The average Bonchev–Trinajstić information content (AvgIpc) is 3.77. The first kappa shape index (κ1) is 27.7. The van der Waals surface area contributed by atoms with E-state index in [4.69, 9.17) is 4.98 Å². The number of nitrogens with one attached hydrogen (secondary N) is 2. The normalized spacial score (nSPS) is 16.0. The molecule has 2 N–H and O–H groups in total. The molecular formula is C33H38N6S. The molecule has 40 heavy (non-hydrogen) atoms. The van der Waals surface area contributed by atoms with E-state index in [-0.39, 0.29) is 0 Å². The van der Waals surface area contributed by atoms with Gasteiger partial charge in [-0.15, -0.1) is 11.3 Å². The van der Waals surface area contributed by atoms with Gasteiger partial charge in [0.25, 0.3) is 0 Å². The molecule has 4 aromatic rings. The summed E-state index contributed by atoms with van der Waals surface area (Å²) in [6.07, 6.45) is 18.9. The summed E-state index contributed by atoms with van der Waals surface area (Å²) in [4.78, 5) is 17.9. The van der Waals surface area contributed by atoms with Gasteiger partial charge in [0.15, 0.2) is 5.82 Å². The third-order valence-corrected chi connectivity index (χ3v) is 8.52. The Morgan fingerprint density at radius 2 is 2.00 bits per heavy atom. The van der Waals surface area contributed by atoms with Crippen molar-refractivity contribution in [3.63, 3.8) is 0 Å². The molecule has 0 spiro atoms. The molecule has 1 fully saturated rings. The number of aryl methyl sites for hydroxylation is 1. The number of pyridine rings is 1. The number of imidazole rings is 1. The third kappa shape index (κ3) is 6.01. The number of thiophene rings is 1. The molecule has 5 rings (SSSR count). The van der Waals surface area contributed by atoms with Crippen LogP contribution in [0, 0.1) is 6.92 Å². The van der Waals surface area contributed by atoms with Crippen molar-refractivity contribution in [2.75, 3.05) is 19.6 Å². The number of rotatable bonds is 10. The van der Waals surface area contributed by atoms with Crippen LogP contribution in [0.5, 0.6) is 0 Å². The van der Waals surface area contributed by atoms with Crippen molar-refractivity contribution < 1.29 is 0 Å². The van der Waals surface area contributed by atoms with Gasteiger partial charge in [-0.05, 0) is 101 Å². The van der Waals surface area contributed by atoms with Crippen LogP contribution in [0.2, 0.25) is 0 Å². The van der Waals surface area contributed by atoms with Crippen molar-refractivity contribution in [3.8, 4) is 22.0 Å². The Balaban J connectivity index is 1.45. The van der Waals surface area contributed by atoms with Crippen LogP contribution in [0.1, 0.15) is 44.4 Å². The van der Waals surface area contributed by atoms with Crippen LogP contribution in [-0.2, 0) is 0 Å². The predicted octanol–water partition coefficient (Wildman–Crippen LogP) is 6.46. The molecule has 0 saturated carbocycles. The van der Waals surface area contributed by atoms with Gasteiger partial charge in [0.2, 0.25) is 0 Å². The monoisotopic (exact) mass is 550 g/mol. The lowest BCUT2D eigenvalue weighted by Gasteiger charge is -2.14. The highest BCUT2D eigenvalue weighted by Crippen LogP contribution is 2.32. The number of aromatic amines is 2. The van der Waals surface area contributed by atoms with E-state index in [0.717, 1.165) is 68.3 Å². The summed E-state index contributed by atoms with van der Waals surface area (Å²) in [6.45, 7) is 18.3. The van der Waals surface area contributed by atoms with Crippen LogP contribution in [0.4, 0.5) is 0 Å². The molecule has 206 valence electrons. The average molecular weight is 551 g/mol. The first-order chi connectivity index (χ1) is 19.5. The van der Waals surface area contributed by atoms with Gasteiger partial charge < -0.3 is 9.88 Å². The first-order valence-corrected chi connectivity index (χ1v) is 14.9.